The predicted octanol–water partition coefficient (Wildman–Crippen LogP) is 4.12. The largest absolute Gasteiger partial charge is 0.384 e. The van der Waals surface area contributed by atoms with Gasteiger partial charge in [-0.05, 0) is 65.4 Å². The van der Waals surface area contributed by atoms with Crippen LogP contribution in [0.3, 0.4) is 0 Å². The highest BCUT2D eigenvalue weighted by Gasteiger charge is 2.31. The molecule has 0 aliphatic carbocycles. The zero-order valence-corrected chi connectivity index (χ0v) is 13.9. The lowest BCUT2D eigenvalue weighted by molar-refractivity contribution is 0.0736. The van der Waals surface area contributed by atoms with Crippen molar-refractivity contribution in [2.24, 2.45) is 0 Å². The lowest BCUT2D eigenvalue weighted by atomic mass is 10.1. The van der Waals surface area contributed by atoms with E-state index < -0.39 is 0 Å². The Morgan fingerprint density at radius 1 is 1.32 bits per heavy atom. The molecule has 1 saturated heterocycles. The van der Waals surface area contributed by atoms with Crippen molar-refractivity contribution in [2.75, 3.05) is 18.4 Å². The fourth-order valence-corrected chi connectivity index (χ4v) is 4.13. The van der Waals surface area contributed by atoms with Crippen molar-refractivity contribution in [3.8, 4) is 0 Å². The van der Waals surface area contributed by atoms with Crippen LogP contribution in [0.25, 0.3) is 0 Å². The van der Waals surface area contributed by atoms with E-state index in [1.54, 1.807) is 11.3 Å². The van der Waals surface area contributed by atoms with Gasteiger partial charge in [-0.1, -0.05) is 0 Å². The number of likely N-dealkylation sites (tertiary alicyclic amines) is 1. The van der Waals surface area contributed by atoms with Gasteiger partial charge in [0.15, 0.2) is 0 Å². The molecule has 0 spiro atoms. The molecule has 2 aliphatic rings. The first-order valence-electron chi connectivity index (χ1n) is 7.53. The molecule has 1 fully saturated rings. The molecule has 3 nitrogen and oxygen atoms in total. The van der Waals surface area contributed by atoms with Gasteiger partial charge >= 0.3 is 0 Å². The van der Waals surface area contributed by atoms with Crippen LogP contribution in [0.5, 0.6) is 0 Å². The molecule has 4 rings (SSSR count). The number of fused-ring (bicyclic) bond motifs is 1. The number of hydrogen-bond donors (Lipinski definition) is 1. The van der Waals surface area contributed by atoms with E-state index in [2.05, 4.69) is 28.2 Å². The zero-order valence-electron chi connectivity index (χ0n) is 12.2. The lowest BCUT2D eigenvalue weighted by Gasteiger charge is -2.24. The maximum Gasteiger partial charge on any atom is 0.254 e. The standard InChI is InChI=1S/C17H18N2OS.ClH/c20-17(13-3-4-15-12(10-13)5-7-18-15)19-8-1-2-16(19)14-6-9-21-11-14;/h3-4,6,9-11,16,18H,1-2,5,7-8H2;1H. The third-order valence-corrected chi connectivity index (χ3v) is 5.21. The zero-order chi connectivity index (χ0) is 14.2. The molecule has 1 aromatic heterocycles. The molecule has 1 unspecified atom stereocenters. The Kier molecular flexibility index (Phi) is 4.41. The number of nitrogens with zero attached hydrogens (tertiary/aromatic N) is 1. The monoisotopic (exact) mass is 334 g/mol. The first-order valence-corrected chi connectivity index (χ1v) is 8.47. The Bertz CT molecular complexity index is 671. The minimum Gasteiger partial charge on any atom is -0.384 e. The number of hydrogen-bond acceptors (Lipinski definition) is 3. The van der Waals surface area contributed by atoms with E-state index in [0.717, 1.165) is 37.9 Å². The Hall–Kier alpha value is -1.52. The molecule has 22 heavy (non-hydrogen) atoms. The van der Waals surface area contributed by atoms with E-state index >= 15 is 0 Å². The summed E-state index contributed by atoms with van der Waals surface area (Å²) in [6.45, 7) is 1.85. The van der Waals surface area contributed by atoms with Gasteiger partial charge in [-0.25, -0.2) is 0 Å². The van der Waals surface area contributed by atoms with Gasteiger partial charge in [0.25, 0.3) is 5.91 Å². The smallest absolute Gasteiger partial charge is 0.254 e. The number of benzene rings is 1. The van der Waals surface area contributed by atoms with Crippen molar-refractivity contribution in [1.29, 1.82) is 0 Å². The Morgan fingerprint density at radius 2 is 2.23 bits per heavy atom. The van der Waals surface area contributed by atoms with E-state index in [9.17, 15) is 4.79 Å². The van der Waals surface area contributed by atoms with Crippen LogP contribution in [-0.4, -0.2) is 23.9 Å². The van der Waals surface area contributed by atoms with Crippen LogP contribution in [0.1, 0.15) is 40.4 Å². The van der Waals surface area contributed by atoms with Gasteiger partial charge in [-0.15, -0.1) is 12.4 Å². The van der Waals surface area contributed by atoms with Gasteiger partial charge in [-0.3, -0.25) is 4.79 Å². The molecule has 1 atom stereocenters. The summed E-state index contributed by atoms with van der Waals surface area (Å²) < 4.78 is 0. The summed E-state index contributed by atoms with van der Waals surface area (Å²) in [4.78, 5) is 14.9. The maximum absolute atomic E-state index is 12.9. The third-order valence-electron chi connectivity index (χ3n) is 4.50. The van der Waals surface area contributed by atoms with Gasteiger partial charge in [0, 0.05) is 24.3 Å². The Balaban J connectivity index is 0.00000144. The van der Waals surface area contributed by atoms with Crippen LogP contribution in [-0.2, 0) is 6.42 Å². The van der Waals surface area contributed by atoms with Crippen LogP contribution >= 0.6 is 23.7 Å². The summed E-state index contributed by atoms with van der Waals surface area (Å²) in [5.74, 6) is 0.179. The number of thiophene rings is 1. The average molecular weight is 335 g/mol. The summed E-state index contributed by atoms with van der Waals surface area (Å²) in [6, 6.07) is 8.48. The molecule has 0 saturated carbocycles. The third kappa shape index (κ3) is 2.61. The summed E-state index contributed by atoms with van der Waals surface area (Å²) in [6.07, 6.45) is 3.19. The topological polar surface area (TPSA) is 32.3 Å². The van der Waals surface area contributed by atoms with E-state index in [0.29, 0.717) is 0 Å². The van der Waals surface area contributed by atoms with Crippen LogP contribution in [0, 0.1) is 0 Å². The molecule has 1 N–H and O–H groups in total. The molecule has 3 heterocycles. The van der Waals surface area contributed by atoms with E-state index in [4.69, 9.17) is 0 Å². The summed E-state index contributed by atoms with van der Waals surface area (Å²) in [5.41, 5.74) is 4.57. The van der Waals surface area contributed by atoms with Crippen LogP contribution in [0.4, 0.5) is 5.69 Å². The van der Waals surface area contributed by atoms with Crippen molar-refractivity contribution in [1.82, 2.24) is 4.90 Å². The van der Waals surface area contributed by atoms with Crippen molar-refractivity contribution < 1.29 is 4.79 Å². The molecule has 0 bridgehead atoms. The van der Waals surface area contributed by atoms with E-state index in [1.165, 1.54) is 16.8 Å². The highest BCUT2D eigenvalue weighted by Crippen LogP contribution is 2.34. The van der Waals surface area contributed by atoms with Crippen LogP contribution in [0.15, 0.2) is 35.0 Å². The number of halogens is 1. The van der Waals surface area contributed by atoms with E-state index in [-0.39, 0.29) is 24.4 Å². The second-order valence-corrected chi connectivity index (χ2v) is 6.54. The number of carbonyl (C=O) groups excluding carboxylic acids is 1. The second-order valence-electron chi connectivity index (χ2n) is 5.76. The van der Waals surface area contributed by atoms with Crippen molar-refractivity contribution in [3.63, 3.8) is 0 Å². The van der Waals surface area contributed by atoms with E-state index in [1.807, 2.05) is 17.0 Å². The maximum atomic E-state index is 12.9. The molecule has 5 heteroatoms. The van der Waals surface area contributed by atoms with Gasteiger partial charge in [0.1, 0.15) is 0 Å². The van der Waals surface area contributed by atoms with Crippen molar-refractivity contribution in [3.05, 3.63) is 51.7 Å². The molecule has 2 aliphatic heterocycles. The fraction of sp³-hybridized carbons (Fsp3) is 0.353. The number of carbonyl (C=O) groups is 1. The predicted molar refractivity (Wildman–Crippen MR) is 93.2 cm³/mol. The number of anilines is 1. The number of amides is 1. The van der Waals surface area contributed by atoms with Gasteiger partial charge < -0.3 is 10.2 Å². The molecular weight excluding hydrogens is 316 g/mol. The normalized spacial score (nSPS) is 19.5. The first kappa shape index (κ1) is 15.4. The second kappa shape index (κ2) is 6.31. The molecule has 0 radical (unpaired) electrons. The summed E-state index contributed by atoms with van der Waals surface area (Å²) >= 11 is 1.71. The van der Waals surface area contributed by atoms with Gasteiger partial charge in [-0.2, -0.15) is 11.3 Å². The van der Waals surface area contributed by atoms with Gasteiger partial charge in [0.05, 0.1) is 6.04 Å². The minimum atomic E-state index is 0. The quantitative estimate of drug-likeness (QED) is 0.896. The molecule has 1 aromatic carbocycles. The lowest BCUT2D eigenvalue weighted by Crippen LogP contribution is -2.30. The highest BCUT2D eigenvalue weighted by atomic mass is 35.5. The average Bonchev–Trinajstić information content (AvgIpc) is 3.24. The van der Waals surface area contributed by atoms with Crippen LogP contribution in [0.2, 0.25) is 0 Å². The molecule has 1 amide bonds. The molecule has 2 aromatic rings. The Labute approximate surface area is 140 Å². The van der Waals surface area contributed by atoms with Crippen LogP contribution < -0.4 is 5.32 Å². The SMILES string of the molecule is Cl.O=C(c1ccc2c(c1)CCN2)N1CCCC1c1ccsc1. The summed E-state index contributed by atoms with van der Waals surface area (Å²) in [5, 5.41) is 7.61. The summed E-state index contributed by atoms with van der Waals surface area (Å²) in [7, 11) is 0. The van der Waals surface area contributed by atoms with Crippen molar-refractivity contribution in [2.45, 2.75) is 25.3 Å². The number of nitrogens with one attached hydrogen (secondary N) is 1. The minimum absolute atomic E-state index is 0. The fourth-order valence-electron chi connectivity index (χ4n) is 3.42. The highest BCUT2D eigenvalue weighted by molar-refractivity contribution is 7.08. The van der Waals surface area contributed by atoms with Crippen molar-refractivity contribution >= 4 is 35.3 Å². The molecule has 116 valence electrons. The first-order chi connectivity index (χ1) is 10.3. The Morgan fingerprint density at radius 3 is 3.05 bits per heavy atom. The number of rotatable bonds is 2. The molecular formula is C17H19ClN2OS. The van der Waals surface area contributed by atoms with Gasteiger partial charge in [0.2, 0.25) is 0 Å².